The molecule has 0 aliphatic heterocycles. The highest BCUT2D eigenvalue weighted by molar-refractivity contribution is 5.90. The number of Topliss-reactive ketones (excluding diaryl/α,β-unsaturated/α-hetero) is 1. The number of rotatable bonds is 3. The van der Waals surface area contributed by atoms with E-state index >= 15 is 0 Å². The van der Waals surface area contributed by atoms with Crippen LogP contribution in [0.2, 0.25) is 0 Å². The van der Waals surface area contributed by atoms with E-state index in [2.05, 4.69) is 20.3 Å². The number of nitrogens with one attached hydrogen (secondary N) is 1. The molecule has 0 fully saturated rings. The Bertz CT molecular complexity index is 799. The summed E-state index contributed by atoms with van der Waals surface area (Å²) >= 11 is 0. The maximum Gasteiger partial charge on any atom is 0.225 e. The van der Waals surface area contributed by atoms with E-state index in [-0.39, 0.29) is 17.6 Å². The van der Waals surface area contributed by atoms with Gasteiger partial charge in [-0.25, -0.2) is 0 Å². The smallest absolute Gasteiger partial charge is 0.225 e. The number of carbonyl (C=O) groups excluding carboxylic acids is 1. The Kier molecular flexibility index (Phi) is 3.02. The molecule has 106 valence electrons. The molecular weight excluding hydrogens is 268 g/mol. The molecule has 0 unspecified atom stereocenters. The number of aryl methyl sites for hydroxylation is 1. The summed E-state index contributed by atoms with van der Waals surface area (Å²) in [6.07, 6.45) is 0. The van der Waals surface area contributed by atoms with Crippen LogP contribution in [-0.2, 0) is 0 Å². The third-order valence-corrected chi connectivity index (χ3v) is 3.09. The minimum Gasteiger partial charge on any atom is -0.368 e. The fourth-order valence-corrected chi connectivity index (χ4v) is 1.94. The van der Waals surface area contributed by atoms with Crippen molar-refractivity contribution in [2.45, 2.75) is 13.8 Å². The van der Waals surface area contributed by atoms with Gasteiger partial charge in [-0.2, -0.15) is 14.8 Å². The van der Waals surface area contributed by atoms with Gasteiger partial charge in [-0.15, -0.1) is 5.10 Å². The van der Waals surface area contributed by atoms with Crippen molar-refractivity contribution in [1.82, 2.24) is 25.0 Å². The molecule has 0 saturated carbocycles. The zero-order valence-corrected chi connectivity index (χ0v) is 11.7. The van der Waals surface area contributed by atoms with Crippen LogP contribution in [0.5, 0.6) is 0 Å². The van der Waals surface area contributed by atoms with E-state index in [1.807, 2.05) is 31.2 Å². The molecule has 0 bridgehead atoms. The topological polar surface area (TPSA) is 102 Å². The SMILES string of the molecule is CC(=O)c1nc(N)n(-c2cc(-c3ccc(C)cc3)[nH]n2)n1. The fraction of sp³-hybridized carbons (Fsp3) is 0.143. The Balaban J connectivity index is 1.98. The molecule has 2 heterocycles. The van der Waals surface area contributed by atoms with Crippen molar-refractivity contribution in [3.8, 4) is 17.1 Å². The number of ketones is 1. The standard InChI is InChI=1S/C14H14N6O/c1-8-3-5-10(6-4-8)11-7-12(18-17-11)20-14(15)16-13(19-20)9(2)21/h3-7H,1-2H3,(H,17,18)(H2,15,16,19). The van der Waals surface area contributed by atoms with Crippen LogP contribution < -0.4 is 5.73 Å². The van der Waals surface area contributed by atoms with Gasteiger partial charge in [-0.3, -0.25) is 9.89 Å². The Labute approximate surface area is 120 Å². The third kappa shape index (κ3) is 2.40. The van der Waals surface area contributed by atoms with Gasteiger partial charge in [0.1, 0.15) is 0 Å². The van der Waals surface area contributed by atoms with Crippen LogP contribution in [0.15, 0.2) is 30.3 Å². The maximum atomic E-state index is 11.3. The number of anilines is 1. The summed E-state index contributed by atoms with van der Waals surface area (Å²) in [6, 6.07) is 9.84. The van der Waals surface area contributed by atoms with Gasteiger partial charge >= 0.3 is 0 Å². The molecule has 1 aromatic carbocycles. The van der Waals surface area contributed by atoms with Crippen molar-refractivity contribution in [3.63, 3.8) is 0 Å². The summed E-state index contributed by atoms with van der Waals surface area (Å²) in [6.45, 7) is 3.42. The zero-order chi connectivity index (χ0) is 15.0. The van der Waals surface area contributed by atoms with Gasteiger partial charge in [0.15, 0.2) is 11.6 Å². The molecule has 0 radical (unpaired) electrons. The lowest BCUT2D eigenvalue weighted by molar-refractivity contribution is 0.100. The van der Waals surface area contributed by atoms with Gasteiger partial charge < -0.3 is 5.73 Å². The van der Waals surface area contributed by atoms with Crippen molar-refractivity contribution in [2.75, 3.05) is 5.73 Å². The average Bonchev–Trinajstić information content (AvgIpc) is 3.06. The number of benzene rings is 1. The average molecular weight is 282 g/mol. The van der Waals surface area contributed by atoms with Gasteiger partial charge in [0, 0.05) is 13.0 Å². The van der Waals surface area contributed by atoms with Crippen LogP contribution in [0.4, 0.5) is 5.95 Å². The summed E-state index contributed by atoms with van der Waals surface area (Å²) in [5, 5.41) is 11.1. The molecule has 0 atom stereocenters. The molecule has 0 saturated heterocycles. The van der Waals surface area contributed by atoms with Crippen molar-refractivity contribution < 1.29 is 4.79 Å². The van der Waals surface area contributed by atoms with E-state index in [0.717, 1.165) is 11.3 Å². The Morgan fingerprint density at radius 3 is 2.62 bits per heavy atom. The maximum absolute atomic E-state index is 11.3. The first-order chi connectivity index (χ1) is 10.0. The van der Waals surface area contributed by atoms with Crippen LogP contribution in [0.1, 0.15) is 23.1 Å². The molecule has 0 aliphatic carbocycles. The monoisotopic (exact) mass is 282 g/mol. The molecule has 21 heavy (non-hydrogen) atoms. The van der Waals surface area contributed by atoms with Crippen LogP contribution in [-0.4, -0.2) is 30.7 Å². The number of aromatic nitrogens is 5. The van der Waals surface area contributed by atoms with E-state index in [1.165, 1.54) is 17.2 Å². The summed E-state index contributed by atoms with van der Waals surface area (Å²) in [7, 11) is 0. The highest BCUT2D eigenvalue weighted by Gasteiger charge is 2.14. The van der Waals surface area contributed by atoms with Crippen molar-refractivity contribution in [2.24, 2.45) is 0 Å². The summed E-state index contributed by atoms with van der Waals surface area (Å²) in [4.78, 5) is 15.2. The fourth-order valence-electron chi connectivity index (χ4n) is 1.94. The number of H-pyrrole nitrogens is 1. The highest BCUT2D eigenvalue weighted by atomic mass is 16.1. The van der Waals surface area contributed by atoms with Crippen LogP contribution >= 0.6 is 0 Å². The predicted molar refractivity (Wildman–Crippen MR) is 78.1 cm³/mol. The number of nitrogen functional groups attached to an aromatic ring is 1. The Hall–Kier alpha value is -2.96. The molecule has 7 heteroatoms. The van der Waals surface area contributed by atoms with Crippen molar-refractivity contribution in [1.29, 1.82) is 0 Å². The molecule has 0 spiro atoms. The normalized spacial score (nSPS) is 10.8. The minimum absolute atomic E-state index is 0.0763. The molecule has 3 N–H and O–H groups in total. The lowest BCUT2D eigenvalue weighted by Gasteiger charge is -1.97. The summed E-state index contributed by atoms with van der Waals surface area (Å²) < 4.78 is 1.34. The number of nitrogens with zero attached hydrogens (tertiary/aromatic N) is 4. The molecule has 7 nitrogen and oxygen atoms in total. The molecular formula is C14H14N6O. The van der Waals surface area contributed by atoms with Crippen LogP contribution in [0.3, 0.4) is 0 Å². The molecule has 3 rings (SSSR count). The van der Waals surface area contributed by atoms with Crippen molar-refractivity contribution in [3.05, 3.63) is 41.7 Å². The van der Waals surface area contributed by atoms with Gasteiger partial charge in [0.25, 0.3) is 0 Å². The predicted octanol–water partition coefficient (Wildman–Crippen LogP) is 1.75. The first kappa shape index (κ1) is 13.0. The first-order valence-electron chi connectivity index (χ1n) is 6.41. The Morgan fingerprint density at radius 1 is 1.29 bits per heavy atom. The zero-order valence-electron chi connectivity index (χ0n) is 11.7. The third-order valence-electron chi connectivity index (χ3n) is 3.09. The lowest BCUT2D eigenvalue weighted by Crippen LogP contribution is -2.03. The lowest BCUT2D eigenvalue weighted by atomic mass is 10.1. The second kappa shape index (κ2) is 4.86. The van der Waals surface area contributed by atoms with E-state index in [0.29, 0.717) is 5.82 Å². The molecule has 2 aromatic heterocycles. The first-order valence-corrected chi connectivity index (χ1v) is 6.41. The molecule has 3 aromatic rings. The number of carbonyl (C=O) groups is 1. The van der Waals surface area contributed by atoms with Crippen LogP contribution in [0.25, 0.3) is 17.1 Å². The van der Waals surface area contributed by atoms with Crippen molar-refractivity contribution >= 4 is 11.7 Å². The minimum atomic E-state index is -0.241. The number of hydrogen-bond donors (Lipinski definition) is 2. The number of nitrogens with two attached hydrogens (primary N) is 1. The largest absolute Gasteiger partial charge is 0.368 e. The van der Waals surface area contributed by atoms with Gasteiger partial charge in [0.05, 0.1) is 5.69 Å². The van der Waals surface area contributed by atoms with Crippen LogP contribution in [0, 0.1) is 6.92 Å². The Morgan fingerprint density at radius 2 is 2.00 bits per heavy atom. The summed E-state index contributed by atoms with van der Waals surface area (Å²) in [5.41, 5.74) is 8.79. The highest BCUT2D eigenvalue weighted by Crippen LogP contribution is 2.20. The van der Waals surface area contributed by atoms with Gasteiger partial charge in [0.2, 0.25) is 11.8 Å². The summed E-state index contributed by atoms with van der Waals surface area (Å²) in [5.74, 6) is 0.451. The second-order valence-electron chi connectivity index (χ2n) is 4.77. The second-order valence-corrected chi connectivity index (χ2v) is 4.77. The number of hydrogen-bond acceptors (Lipinski definition) is 5. The van der Waals surface area contributed by atoms with E-state index < -0.39 is 0 Å². The quantitative estimate of drug-likeness (QED) is 0.712. The molecule has 0 amide bonds. The van der Waals surface area contributed by atoms with Gasteiger partial charge in [-0.1, -0.05) is 29.8 Å². The van der Waals surface area contributed by atoms with E-state index in [4.69, 9.17) is 5.73 Å². The molecule has 0 aliphatic rings. The number of aromatic amines is 1. The van der Waals surface area contributed by atoms with E-state index in [1.54, 1.807) is 6.07 Å². The van der Waals surface area contributed by atoms with E-state index in [9.17, 15) is 4.79 Å². The van der Waals surface area contributed by atoms with Gasteiger partial charge in [-0.05, 0) is 12.5 Å².